The second-order valence-electron chi connectivity index (χ2n) is 4.00. The monoisotopic (exact) mass is 287 g/mol. The Labute approximate surface area is 114 Å². The fourth-order valence-electron chi connectivity index (χ4n) is 1.25. The van der Waals surface area contributed by atoms with E-state index in [-0.39, 0.29) is 17.6 Å². The SMILES string of the molecule is CCN(C)C(N)=NC(N)=Nc1ccc(C(F)(F)F)cc1. The van der Waals surface area contributed by atoms with Crippen molar-refractivity contribution in [3.05, 3.63) is 29.8 Å². The number of alkyl halides is 3. The number of halogens is 3. The van der Waals surface area contributed by atoms with Crippen LogP contribution >= 0.6 is 0 Å². The van der Waals surface area contributed by atoms with Crippen molar-refractivity contribution < 1.29 is 13.2 Å². The van der Waals surface area contributed by atoms with E-state index in [1.807, 2.05) is 6.92 Å². The van der Waals surface area contributed by atoms with Crippen LogP contribution in [-0.2, 0) is 6.18 Å². The van der Waals surface area contributed by atoms with E-state index in [0.29, 0.717) is 6.54 Å². The molecule has 1 aromatic rings. The fourth-order valence-corrected chi connectivity index (χ4v) is 1.25. The third kappa shape index (κ3) is 4.45. The topological polar surface area (TPSA) is 80.0 Å². The Kier molecular flexibility index (Phi) is 4.95. The van der Waals surface area contributed by atoms with Crippen LogP contribution in [0.1, 0.15) is 12.5 Å². The van der Waals surface area contributed by atoms with Crippen molar-refractivity contribution in [2.75, 3.05) is 13.6 Å². The Balaban J connectivity index is 2.89. The van der Waals surface area contributed by atoms with Gasteiger partial charge in [-0.25, -0.2) is 4.99 Å². The van der Waals surface area contributed by atoms with Gasteiger partial charge in [-0.1, -0.05) is 0 Å². The summed E-state index contributed by atoms with van der Waals surface area (Å²) in [6.45, 7) is 2.52. The zero-order chi connectivity index (χ0) is 15.3. The molecule has 0 fully saturated rings. The van der Waals surface area contributed by atoms with Crippen LogP contribution in [0.2, 0.25) is 0 Å². The molecule has 0 aliphatic carbocycles. The molecule has 0 unspecified atom stereocenters. The second kappa shape index (κ2) is 6.27. The van der Waals surface area contributed by atoms with Crippen LogP contribution < -0.4 is 11.5 Å². The summed E-state index contributed by atoms with van der Waals surface area (Å²) in [5.41, 5.74) is 10.7. The lowest BCUT2D eigenvalue weighted by Crippen LogP contribution is -2.35. The van der Waals surface area contributed by atoms with Crippen molar-refractivity contribution in [2.45, 2.75) is 13.1 Å². The molecule has 0 radical (unpaired) electrons. The number of hydrogen-bond acceptors (Lipinski definition) is 1. The fraction of sp³-hybridized carbons (Fsp3) is 0.333. The van der Waals surface area contributed by atoms with Crippen molar-refractivity contribution in [2.24, 2.45) is 21.5 Å². The number of rotatable bonds is 2. The Bertz CT molecular complexity index is 505. The largest absolute Gasteiger partial charge is 0.416 e. The van der Waals surface area contributed by atoms with Crippen molar-refractivity contribution in [3.63, 3.8) is 0 Å². The molecule has 0 aliphatic rings. The number of nitrogens with two attached hydrogens (primary N) is 2. The lowest BCUT2D eigenvalue weighted by atomic mass is 10.2. The van der Waals surface area contributed by atoms with Crippen LogP contribution in [0.4, 0.5) is 18.9 Å². The maximum absolute atomic E-state index is 12.4. The minimum Gasteiger partial charge on any atom is -0.369 e. The van der Waals surface area contributed by atoms with Gasteiger partial charge in [0.05, 0.1) is 11.3 Å². The smallest absolute Gasteiger partial charge is 0.369 e. The lowest BCUT2D eigenvalue weighted by Gasteiger charge is -2.14. The zero-order valence-corrected chi connectivity index (χ0v) is 11.1. The summed E-state index contributed by atoms with van der Waals surface area (Å²) >= 11 is 0. The first-order chi connectivity index (χ1) is 9.24. The summed E-state index contributed by atoms with van der Waals surface area (Å²) in [5, 5.41) is 0. The lowest BCUT2D eigenvalue weighted by molar-refractivity contribution is -0.137. The van der Waals surface area contributed by atoms with Crippen LogP contribution in [0, 0.1) is 0 Å². The van der Waals surface area contributed by atoms with Gasteiger partial charge in [0.2, 0.25) is 5.96 Å². The van der Waals surface area contributed by atoms with Crippen LogP contribution in [0.5, 0.6) is 0 Å². The molecule has 4 N–H and O–H groups in total. The molecule has 1 rings (SSSR count). The van der Waals surface area contributed by atoms with Gasteiger partial charge in [0.25, 0.3) is 0 Å². The van der Waals surface area contributed by atoms with E-state index in [2.05, 4.69) is 9.98 Å². The molecule has 8 heteroatoms. The highest BCUT2D eigenvalue weighted by Gasteiger charge is 2.29. The van der Waals surface area contributed by atoms with Gasteiger partial charge in [-0.3, -0.25) is 0 Å². The highest BCUT2D eigenvalue weighted by Crippen LogP contribution is 2.30. The van der Waals surface area contributed by atoms with Crippen LogP contribution in [0.15, 0.2) is 34.3 Å². The van der Waals surface area contributed by atoms with Gasteiger partial charge >= 0.3 is 6.18 Å². The van der Waals surface area contributed by atoms with E-state index in [4.69, 9.17) is 11.5 Å². The summed E-state index contributed by atoms with van der Waals surface area (Å²) in [4.78, 5) is 9.36. The minimum atomic E-state index is -4.37. The van der Waals surface area contributed by atoms with Gasteiger partial charge in [-0.05, 0) is 31.2 Å². The number of aliphatic imine (C=N–C) groups is 2. The molecule has 0 amide bonds. The van der Waals surface area contributed by atoms with Gasteiger partial charge in [0, 0.05) is 13.6 Å². The van der Waals surface area contributed by atoms with E-state index < -0.39 is 11.7 Å². The molecule has 1 aromatic carbocycles. The first-order valence-corrected chi connectivity index (χ1v) is 5.80. The molecule has 0 aliphatic heterocycles. The predicted octanol–water partition coefficient (Wildman–Crippen LogP) is 1.92. The number of guanidine groups is 2. The Morgan fingerprint density at radius 3 is 2.20 bits per heavy atom. The van der Waals surface area contributed by atoms with Gasteiger partial charge in [0.1, 0.15) is 0 Å². The average molecular weight is 287 g/mol. The molecule has 20 heavy (non-hydrogen) atoms. The molecule has 0 heterocycles. The molecule has 0 bridgehead atoms. The maximum Gasteiger partial charge on any atom is 0.416 e. The predicted molar refractivity (Wildman–Crippen MR) is 72.7 cm³/mol. The zero-order valence-electron chi connectivity index (χ0n) is 11.1. The quantitative estimate of drug-likeness (QED) is 0.644. The first-order valence-electron chi connectivity index (χ1n) is 5.80. The molecule has 0 atom stereocenters. The third-order valence-electron chi connectivity index (χ3n) is 2.53. The van der Waals surface area contributed by atoms with Gasteiger partial charge in [-0.15, -0.1) is 0 Å². The summed E-state index contributed by atoms with van der Waals surface area (Å²) in [6, 6.07) is 4.28. The normalized spacial score (nSPS) is 13.4. The van der Waals surface area contributed by atoms with E-state index in [1.165, 1.54) is 12.1 Å². The van der Waals surface area contributed by atoms with Gasteiger partial charge in [-0.2, -0.15) is 18.2 Å². The van der Waals surface area contributed by atoms with E-state index in [1.54, 1.807) is 11.9 Å². The summed E-state index contributed by atoms with van der Waals surface area (Å²) in [7, 11) is 1.73. The Morgan fingerprint density at radius 1 is 1.20 bits per heavy atom. The number of hydrogen-bond donors (Lipinski definition) is 2. The number of nitrogens with zero attached hydrogens (tertiary/aromatic N) is 3. The number of benzene rings is 1. The van der Waals surface area contributed by atoms with E-state index in [9.17, 15) is 13.2 Å². The van der Waals surface area contributed by atoms with E-state index >= 15 is 0 Å². The van der Waals surface area contributed by atoms with Gasteiger partial charge in [0.15, 0.2) is 5.96 Å². The molecule has 5 nitrogen and oxygen atoms in total. The molecule has 0 spiro atoms. The van der Waals surface area contributed by atoms with Crippen molar-refractivity contribution in [1.29, 1.82) is 0 Å². The highest BCUT2D eigenvalue weighted by atomic mass is 19.4. The van der Waals surface area contributed by atoms with Gasteiger partial charge < -0.3 is 16.4 Å². The molecular formula is C12H16F3N5. The van der Waals surface area contributed by atoms with Crippen LogP contribution in [-0.4, -0.2) is 30.4 Å². The minimum absolute atomic E-state index is 0.123. The summed E-state index contributed by atoms with van der Waals surface area (Å²) < 4.78 is 37.1. The molecule has 0 aromatic heterocycles. The van der Waals surface area contributed by atoms with Crippen LogP contribution in [0.25, 0.3) is 0 Å². The van der Waals surface area contributed by atoms with Crippen molar-refractivity contribution >= 4 is 17.6 Å². The molecule has 0 saturated carbocycles. The summed E-state index contributed by atoms with van der Waals surface area (Å²) in [5.74, 6) is 0.0585. The van der Waals surface area contributed by atoms with Crippen molar-refractivity contribution in [3.8, 4) is 0 Å². The Morgan fingerprint density at radius 2 is 1.75 bits per heavy atom. The summed E-state index contributed by atoms with van der Waals surface area (Å²) in [6.07, 6.45) is -4.37. The van der Waals surface area contributed by atoms with Crippen molar-refractivity contribution in [1.82, 2.24) is 4.90 Å². The highest BCUT2D eigenvalue weighted by molar-refractivity contribution is 5.94. The maximum atomic E-state index is 12.4. The average Bonchev–Trinajstić information content (AvgIpc) is 2.37. The molecular weight excluding hydrogens is 271 g/mol. The second-order valence-corrected chi connectivity index (χ2v) is 4.00. The van der Waals surface area contributed by atoms with E-state index in [0.717, 1.165) is 12.1 Å². The first kappa shape index (κ1) is 15.8. The van der Waals surface area contributed by atoms with Crippen LogP contribution in [0.3, 0.4) is 0 Å². The molecule has 110 valence electrons. The molecule has 0 saturated heterocycles. The Hall–Kier alpha value is -2.25. The third-order valence-corrected chi connectivity index (χ3v) is 2.53. The standard InChI is InChI=1S/C12H16F3N5/c1-3-20(2)11(17)19-10(16)18-9-6-4-8(5-7-9)12(13,14)15/h4-7H,3H2,1-2H3,(H4,16,17,18,19).